The Morgan fingerprint density at radius 2 is 1.94 bits per heavy atom. The average Bonchev–Trinajstić information content (AvgIpc) is 2.78. The predicted octanol–water partition coefficient (Wildman–Crippen LogP) is 3.37. The molecule has 1 aromatic rings. The molecule has 2 heterocycles. The Morgan fingerprint density at radius 3 is 2.48 bits per heavy atom. The fourth-order valence-corrected chi connectivity index (χ4v) is 7.16. The van der Waals surface area contributed by atoms with Crippen molar-refractivity contribution < 1.29 is 18.0 Å². The Kier molecular flexibility index (Phi) is 7.21. The molecule has 0 aliphatic carbocycles. The quantitative estimate of drug-likeness (QED) is 0.647. The Balaban J connectivity index is 2.10. The van der Waals surface area contributed by atoms with Crippen LogP contribution in [0.2, 0.25) is 10.0 Å². The number of nitrogens with one attached hydrogen (secondary N) is 1. The zero-order chi connectivity index (χ0) is 22.9. The maximum atomic E-state index is 13.8. The number of terminal acetylenes is 1. The highest BCUT2D eigenvalue weighted by Gasteiger charge is 2.49. The van der Waals surface area contributed by atoms with E-state index in [9.17, 15) is 18.0 Å². The highest BCUT2D eigenvalue weighted by atomic mass is 35.5. The van der Waals surface area contributed by atoms with Crippen LogP contribution in [0.4, 0.5) is 5.69 Å². The number of carbonyl (C=O) groups excluding carboxylic acids is 2. The molecule has 1 aromatic carbocycles. The van der Waals surface area contributed by atoms with Crippen LogP contribution in [0.3, 0.4) is 0 Å². The van der Waals surface area contributed by atoms with Crippen molar-refractivity contribution in [2.24, 2.45) is 5.92 Å². The lowest BCUT2D eigenvalue weighted by Crippen LogP contribution is -2.54. The first kappa shape index (κ1) is 23.9. The number of halogens is 2. The van der Waals surface area contributed by atoms with Gasteiger partial charge >= 0.3 is 0 Å². The fourth-order valence-electron chi connectivity index (χ4n) is 4.50. The van der Waals surface area contributed by atoms with Crippen molar-refractivity contribution in [2.45, 2.75) is 56.5 Å². The lowest BCUT2D eigenvalue weighted by Gasteiger charge is -2.40. The number of sulfonamides is 1. The second-order valence-electron chi connectivity index (χ2n) is 7.88. The molecule has 1 N–H and O–H groups in total. The molecule has 3 rings (SSSR count). The highest BCUT2D eigenvalue weighted by molar-refractivity contribution is 7.89. The van der Waals surface area contributed by atoms with Gasteiger partial charge in [0, 0.05) is 19.5 Å². The Labute approximate surface area is 193 Å². The Bertz CT molecular complexity index is 1010. The van der Waals surface area contributed by atoms with Crippen molar-refractivity contribution in [3.8, 4) is 12.3 Å². The minimum Gasteiger partial charge on any atom is -0.330 e. The molecule has 3 atom stereocenters. The summed E-state index contributed by atoms with van der Waals surface area (Å²) in [6.07, 6.45) is 8.02. The minimum absolute atomic E-state index is 0.00795. The summed E-state index contributed by atoms with van der Waals surface area (Å²) >= 11 is 12.5. The van der Waals surface area contributed by atoms with Crippen molar-refractivity contribution in [3.63, 3.8) is 0 Å². The second-order valence-corrected chi connectivity index (χ2v) is 10.5. The SMILES string of the molecule is C#CCN1C[C@H](CC)C2CCCC(C1=O)N2S(=O)(=O)c1cc(Cl)c(NC(C)=O)c(Cl)c1. The molecule has 168 valence electrons. The molecule has 2 aliphatic heterocycles. The molecule has 7 nitrogen and oxygen atoms in total. The maximum absolute atomic E-state index is 13.8. The molecule has 0 saturated carbocycles. The topological polar surface area (TPSA) is 86.8 Å². The van der Waals surface area contributed by atoms with E-state index in [1.54, 1.807) is 4.90 Å². The molecule has 2 fully saturated rings. The molecule has 0 aromatic heterocycles. The van der Waals surface area contributed by atoms with Crippen LogP contribution in [0.15, 0.2) is 17.0 Å². The summed E-state index contributed by atoms with van der Waals surface area (Å²) in [7, 11) is -4.10. The van der Waals surface area contributed by atoms with Crippen LogP contribution in [0.1, 0.15) is 39.5 Å². The van der Waals surface area contributed by atoms with Gasteiger partial charge in [0.15, 0.2) is 0 Å². The molecular formula is C21H25Cl2N3O4S. The van der Waals surface area contributed by atoms with Gasteiger partial charge in [-0.3, -0.25) is 9.59 Å². The van der Waals surface area contributed by atoms with E-state index >= 15 is 0 Å². The Morgan fingerprint density at radius 1 is 1.29 bits per heavy atom. The van der Waals surface area contributed by atoms with Gasteiger partial charge in [-0.15, -0.1) is 6.42 Å². The third kappa shape index (κ3) is 4.56. The normalized spacial score (nSPS) is 24.4. The van der Waals surface area contributed by atoms with Gasteiger partial charge in [-0.2, -0.15) is 4.31 Å². The van der Waals surface area contributed by atoms with Crippen LogP contribution < -0.4 is 5.32 Å². The molecule has 0 radical (unpaired) electrons. The van der Waals surface area contributed by atoms with Gasteiger partial charge in [-0.05, 0) is 37.3 Å². The lowest BCUT2D eigenvalue weighted by molar-refractivity contribution is -0.134. The van der Waals surface area contributed by atoms with Gasteiger partial charge in [-0.25, -0.2) is 8.42 Å². The van der Waals surface area contributed by atoms with Crippen LogP contribution in [0.25, 0.3) is 0 Å². The van der Waals surface area contributed by atoms with Gasteiger partial charge in [-0.1, -0.05) is 42.5 Å². The van der Waals surface area contributed by atoms with Crippen molar-refractivity contribution in [1.29, 1.82) is 0 Å². The molecule has 2 unspecified atom stereocenters. The fraction of sp³-hybridized carbons (Fsp3) is 0.524. The minimum atomic E-state index is -4.10. The van der Waals surface area contributed by atoms with E-state index in [4.69, 9.17) is 29.6 Å². The number of piperidine rings is 1. The van der Waals surface area contributed by atoms with E-state index in [-0.39, 0.29) is 50.9 Å². The van der Waals surface area contributed by atoms with E-state index in [0.29, 0.717) is 25.8 Å². The third-order valence-electron chi connectivity index (χ3n) is 5.91. The van der Waals surface area contributed by atoms with Crippen LogP contribution in [-0.4, -0.2) is 54.6 Å². The molecule has 0 spiro atoms. The number of anilines is 1. The zero-order valence-corrected chi connectivity index (χ0v) is 19.7. The molecule has 2 amide bonds. The van der Waals surface area contributed by atoms with E-state index in [1.165, 1.54) is 23.4 Å². The first-order valence-electron chi connectivity index (χ1n) is 10.1. The molecule has 2 aliphatic rings. The first-order chi connectivity index (χ1) is 14.6. The number of carbonyl (C=O) groups is 2. The molecule has 10 heteroatoms. The van der Waals surface area contributed by atoms with E-state index in [1.807, 2.05) is 6.92 Å². The van der Waals surface area contributed by atoms with Gasteiger partial charge in [0.25, 0.3) is 0 Å². The molecule has 2 saturated heterocycles. The van der Waals surface area contributed by atoms with Crippen LogP contribution in [0.5, 0.6) is 0 Å². The number of fused-ring (bicyclic) bond motifs is 2. The van der Waals surface area contributed by atoms with Crippen LogP contribution in [0, 0.1) is 18.3 Å². The van der Waals surface area contributed by atoms with Gasteiger partial charge < -0.3 is 10.2 Å². The summed E-state index contributed by atoms with van der Waals surface area (Å²) in [6, 6.07) is 1.38. The summed E-state index contributed by atoms with van der Waals surface area (Å²) in [5, 5.41) is 2.52. The maximum Gasteiger partial charge on any atom is 0.244 e. The monoisotopic (exact) mass is 485 g/mol. The lowest BCUT2D eigenvalue weighted by atomic mass is 9.89. The van der Waals surface area contributed by atoms with Gasteiger partial charge in [0.05, 0.1) is 27.2 Å². The van der Waals surface area contributed by atoms with Crippen molar-refractivity contribution in [2.75, 3.05) is 18.4 Å². The van der Waals surface area contributed by atoms with Crippen LogP contribution in [-0.2, 0) is 19.6 Å². The van der Waals surface area contributed by atoms with Gasteiger partial charge in [0.2, 0.25) is 21.8 Å². The number of amides is 2. The number of hydrogen-bond acceptors (Lipinski definition) is 4. The van der Waals surface area contributed by atoms with E-state index < -0.39 is 16.1 Å². The second kappa shape index (κ2) is 9.37. The highest BCUT2D eigenvalue weighted by Crippen LogP contribution is 2.40. The van der Waals surface area contributed by atoms with Crippen LogP contribution >= 0.6 is 23.2 Å². The van der Waals surface area contributed by atoms with Crippen molar-refractivity contribution >= 4 is 50.7 Å². The van der Waals surface area contributed by atoms with Crippen molar-refractivity contribution in [3.05, 3.63) is 22.2 Å². The Hall–Kier alpha value is -1.79. The standard InChI is InChI=1S/C21H25Cl2N3O4S/c1-4-9-25-12-14(5-2)18-7-6-8-19(21(25)28)26(18)31(29,30)15-10-16(22)20(17(23)11-15)24-13(3)27/h1,10-11,14,18-19H,5-9,12H2,2-3H3,(H,24,27)/t14-,18?,19?/m0/s1. The molecular weight excluding hydrogens is 461 g/mol. The summed E-state index contributed by atoms with van der Waals surface area (Å²) in [4.78, 5) is 26.1. The largest absolute Gasteiger partial charge is 0.330 e. The third-order valence-corrected chi connectivity index (χ3v) is 8.41. The van der Waals surface area contributed by atoms with Gasteiger partial charge in [0.1, 0.15) is 6.04 Å². The summed E-state index contributed by atoms with van der Waals surface area (Å²) in [6.45, 7) is 3.86. The summed E-state index contributed by atoms with van der Waals surface area (Å²) < 4.78 is 28.9. The number of hydrogen-bond donors (Lipinski definition) is 1. The molecule has 31 heavy (non-hydrogen) atoms. The number of rotatable bonds is 5. The zero-order valence-electron chi connectivity index (χ0n) is 17.4. The van der Waals surface area contributed by atoms with E-state index in [2.05, 4.69) is 11.2 Å². The number of nitrogens with zero attached hydrogens (tertiary/aromatic N) is 2. The van der Waals surface area contributed by atoms with Crippen molar-refractivity contribution in [1.82, 2.24) is 9.21 Å². The molecule has 2 bridgehead atoms. The smallest absolute Gasteiger partial charge is 0.244 e. The summed E-state index contributed by atoms with van der Waals surface area (Å²) in [5.41, 5.74) is 0.147. The first-order valence-corrected chi connectivity index (χ1v) is 12.3. The number of benzene rings is 1. The summed E-state index contributed by atoms with van der Waals surface area (Å²) in [5.74, 6) is 1.82. The van der Waals surface area contributed by atoms with E-state index in [0.717, 1.165) is 6.42 Å². The predicted molar refractivity (Wildman–Crippen MR) is 120 cm³/mol. The average molecular weight is 486 g/mol.